The Morgan fingerprint density at radius 3 is 2.61 bits per heavy atom. The second kappa shape index (κ2) is 6.05. The van der Waals surface area contributed by atoms with Crippen molar-refractivity contribution in [3.05, 3.63) is 0 Å². The van der Waals surface area contributed by atoms with Crippen LogP contribution in [0.15, 0.2) is 0 Å². The predicted octanol–water partition coefficient (Wildman–Crippen LogP) is 2.59. The van der Waals surface area contributed by atoms with Crippen LogP contribution in [0.2, 0.25) is 0 Å². The summed E-state index contributed by atoms with van der Waals surface area (Å²) < 4.78 is 0. The van der Waals surface area contributed by atoms with Crippen molar-refractivity contribution >= 4 is 5.91 Å². The van der Waals surface area contributed by atoms with Gasteiger partial charge in [-0.2, -0.15) is 0 Å². The molecule has 2 aliphatic carbocycles. The lowest BCUT2D eigenvalue weighted by atomic mass is 9.80. The van der Waals surface area contributed by atoms with E-state index in [-0.39, 0.29) is 5.91 Å². The van der Waals surface area contributed by atoms with Gasteiger partial charge in [-0.1, -0.05) is 39.0 Å². The first-order valence-corrected chi connectivity index (χ1v) is 7.67. The third kappa shape index (κ3) is 3.47. The van der Waals surface area contributed by atoms with Gasteiger partial charge in [0.15, 0.2) is 0 Å². The fraction of sp³-hybridized carbons (Fsp3) is 0.933. The Morgan fingerprint density at radius 1 is 1.22 bits per heavy atom. The topological polar surface area (TPSA) is 55.1 Å². The Balaban J connectivity index is 1.76. The van der Waals surface area contributed by atoms with Crippen molar-refractivity contribution in [3.63, 3.8) is 0 Å². The second-order valence-corrected chi connectivity index (χ2v) is 6.56. The summed E-state index contributed by atoms with van der Waals surface area (Å²) in [6.07, 6.45) is 10.3. The zero-order valence-electron chi connectivity index (χ0n) is 11.7. The number of hydrogen-bond acceptors (Lipinski definition) is 2. The summed E-state index contributed by atoms with van der Waals surface area (Å²) in [5.74, 6) is 1.59. The van der Waals surface area contributed by atoms with E-state index < -0.39 is 5.54 Å². The molecule has 3 nitrogen and oxygen atoms in total. The number of hydrogen-bond donors (Lipinski definition) is 2. The molecule has 0 spiro atoms. The monoisotopic (exact) mass is 252 g/mol. The fourth-order valence-electron chi connectivity index (χ4n) is 3.57. The molecule has 0 radical (unpaired) electrons. The molecule has 2 rings (SSSR count). The summed E-state index contributed by atoms with van der Waals surface area (Å²) in [7, 11) is 0. The quantitative estimate of drug-likeness (QED) is 0.811. The van der Waals surface area contributed by atoms with Crippen molar-refractivity contribution in [2.75, 3.05) is 6.54 Å². The van der Waals surface area contributed by atoms with E-state index in [1.54, 1.807) is 0 Å². The van der Waals surface area contributed by atoms with Gasteiger partial charge in [0.1, 0.15) is 0 Å². The first kappa shape index (κ1) is 13.9. The lowest BCUT2D eigenvalue weighted by molar-refractivity contribution is -0.127. The summed E-state index contributed by atoms with van der Waals surface area (Å²) in [6, 6.07) is 0. The van der Waals surface area contributed by atoms with Gasteiger partial charge >= 0.3 is 0 Å². The highest BCUT2D eigenvalue weighted by Crippen LogP contribution is 2.29. The number of nitrogens with one attached hydrogen (secondary N) is 1. The molecule has 0 heterocycles. The van der Waals surface area contributed by atoms with Crippen LogP contribution >= 0.6 is 0 Å². The van der Waals surface area contributed by atoms with Gasteiger partial charge in [-0.15, -0.1) is 0 Å². The third-order valence-corrected chi connectivity index (χ3v) is 4.79. The summed E-state index contributed by atoms with van der Waals surface area (Å²) in [6.45, 7) is 3.15. The van der Waals surface area contributed by atoms with Crippen molar-refractivity contribution in [2.24, 2.45) is 17.6 Å². The molecule has 2 aliphatic rings. The summed E-state index contributed by atoms with van der Waals surface area (Å²) >= 11 is 0. The minimum atomic E-state index is -0.571. The Morgan fingerprint density at radius 2 is 1.94 bits per heavy atom. The molecule has 0 aromatic heterocycles. The number of amides is 1. The van der Waals surface area contributed by atoms with Crippen molar-refractivity contribution < 1.29 is 4.79 Å². The fourth-order valence-corrected chi connectivity index (χ4v) is 3.57. The summed E-state index contributed by atoms with van der Waals surface area (Å²) in [5.41, 5.74) is 5.66. The standard InChI is InChI=1S/C15H28N2O/c1-12-6-5-7-13(10-12)11-17-14(18)15(16)8-3-2-4-9-15/h12-13H,2-11,16H2,1H3,(H,17,18). The van der Waals surface area contributed by atoms with Gasteiger partial charge in [0.05, 0.1) is 5.54 Å². The average Bonchev–Trinajstić information content (AvgIpc) is 2.37. The molecule has 2 saturated carbocycles. The van der Waals surface area contributed by atoms with Crippen LogP contribution in [-0.2, 0) is 4.79 Å². The van der Waals surface area contributed by atoms with Crippen LogP contribution in [0.25, 0.3) is 0 Å². The average molecular weight is 252 g/mol. The molecular weight excluding hydrogens is 224 g/mol. The molecule has 2 fully saturated rings. The molecule has 2 atom stereocenters. The first-order chi connectivity index (χ1) is 8.60. The van der Waals surface area contributed by atoms with E-state index in [9.17, 15) is 4.79 Å². The van der Waals surface area contributed by atoms with Gasteiger partial charge in [0.25, 0.3) is 0 Å². The Kier molecular flexibility index (Phi) is 4.66. The zero-order valence-corrected chi connectivity index (χ0v) is 11.7. The van der Waals surface area contributed by atoms with E-state index in [1.807, 2.05) is 0 Å². The van der Waals surface area contributed by atoms with Crippen LogP contribution < -0.4 is 11.1 Å². The SMILES string of the molecule is CC1CCCC(CNC(=O)C2(N)CCCCC2)C1. The van der Waals surface area contributed by atoms with Crippen molar-refractivity contribution in [1.82, 2.24) is 5.32 Å². The Hall–Kier alpha value is -0.570. The molecule has 2 unspecified atom stereocenters. The third-order valence-electron chi connectivity index (χ3n) is 4.79. The van der Waals surface area contributed by atoms with Gasteiger partial charge in [-0.05, 0) is 37.5 Å². The van der Waals surface area contributed by atoms with Crippen LogP contribution in [0.1, 0.15) is 64.7 Å². The van der Waals surface area contributed by atoms with E-state index in [4.69, 9.17) is 5.73 Å². The van der Waals surface area contributed by atoms with Crippen molar-refractivity contribution in [1.29, 1.82) is 0 Å². The molecule has 0 aromatic rings. The molecule has 0 aromatic carbocycles. The van der Waals surface area contributed by atoms with E-state index in [2.05, 4.69) is 12.2 Å². The molecular formula is C15H28N2O. The normalized spacial score (nSPS) is 31.9. The lowest BCUT2D eigenvalue weighted by Gasteiger charge is -2.33. The number of carbonyl (C=O) groups excluding carboxylic acids is 1. The molecule has 104 valence electrons. The Labute approximate surface area is 111 Å². The van der Waals surface area contributed by atoms with Gasteiger partial charge in [-0.3, -0.25) is 4.79 Å². The minimum absolute atomic E-state index is 0.0976. The minimum Gasteiger partial charge on any atom is -0.354 e. The van der Waals surface area contributed by atoms with Crippen LogP contribution in [0.3, 0.4) is 0 Å². The van der Waals surface area contributed by atoms with Crippen LogP contribution in [-0.4, -0.2) is 18.0 Å². The molecule has 0 aliphatic heterocycles. The molecule has 18 heavy (non-hydrogen) atoms. The number of rotatable bonds is 3. The lowest BCUT2D eigenvalue weighted by Crippen LogP contribution is -2.55. The van der Waals surface area contributed by atoms with Crippen LogP contribution in [0.4, 0.5) is 0 Å². The van der Waals surface area contributed by atoms with Crippen LogP contribution in [0, 0.1) is 11.8 Å². The maximum absolute atomic E-state index is 12.2. The van der Waals surface area contributed by atoms with E-state index >= 15 is 0 Å². The molecule has 0 saturated heterocycles. The molecule has 1 amide bonds. The van der Waals surface area contributed by atoms with Crippen LogP contribution in [0.5, 0.6) is 0 Å². The smallest absolute Gasteiger partial charge is 0.240 e. The summed E-state index contributed by atoms with van der Waals surface area (Å²) in [4.78, 5) is 12.2. The van der Waals surface area contributed by atoms with E-state index in [0.29, 0.717) is 5.92 Å². The highest BCUT2D eigenvalue weighted by molar-refractivity contribution is 5.86. The van der Waals surface area contributed by atoms with E-state index in [1.165, 1.54) is 32.1 Å². The molecule has 3 N–H and O–H groups in total. The van der Waals surface area contributed by atoms with Gasteiger partial charge < -0.3 is 11.1 Å². The van der Waals surface area contributed by atoms with Gasteiger partial charge in [0, 0.05) is 6.54 Å². The van der Waals surface area contributed by atoms with Crippen molar-refractivity contribution in [2.45, 2.75) is 70.3 Å². The maximum atomic E-state index is 12.2. The van der Waals surface area contributed by atoms with Crippen molar-refractivity contribution in [3.8, 4) is 0 Å². The molecule has 3 heteroatoms. The predicted molar refractivity (Wildman–Crippen MR) is 74.1 cm³/mol. The largest absolute Gasteiger partial charge is 0.354 e. The number of nitrogens with two attached hydrogens (primary N) is 1. The van der Waals surface area contributed by atoms with Gasteiger partial charge in [0.2, 0.25) is 5.91 Å². The zero-order chi connectivity index (χ0) is 13.0. The van der Waals surface area contributed by atoms with Gasteiger partial charge in [-0.25, -0.2) is 0 Å². The summed E-state index contributed by atoms with van der Waals surface area (Å²) in [5, 5.41) is 3.12. The second-order valence-electron chi connectivity index (χ2n) is 6.56. The number of carbonyl (C=O) groups is 1. The van der Waals surface area contributed by atoms with E-state index in [0.717, 1.165) is 38.1 Å². The Bertz CT molecular complexity index is 284. The highest BCUT2D eigenvalue weighted by Gasteiger charge is 2.35. The maximum Gasteiger partial charge on any atom is 0.240 e. The highest BCUT2D eigenvalue weighted by atomic mass is 16.2. The molecule has 0 bridgehead atoms. The first-order valence-electron chi connectivity index (χ1n) is 7.67.